The second-order valence-electron chi connectivity index (χ2n) is 6.49. The van der Waals surface area contributed by atoms with Crippen LogP contribution >= 0.6 is 0 Å². The minimum atomic E-state index is -3.66. The highest BCUT2D eigenvalue weighted by Crippen LogP contribution is 2.24. The van der Waals surface area contributed by atoms with Gasteiger partial charge in [0.15, 0.2) is 0 Å². The number of sulfonamides is 1. The molecule has 0 spiro atoms. The molecule has 0 bridgehead atoms. The minimum absolute atomic E-state index is 0.116. The average Bonchev–Trinajstić information content (AvgIpc) is 2.56. The molecule has 0 unspecified atom stereocenters. The van der Waals surface area contributed by atoms with E-state index in [1.54, 1.807) is 39.1 Å². The Bertz CT molecular complexity index is 940. The van der Waals surface area contributed by atoms with Crippen molar-refractivity contribution >= 4 is 15.9 Å². The standard InChI is InChI=1S/C19H23FN2O3S/c1-13-9-16(11-18(14(13)2)26(24,25)21(3)4)19(23)22(5)12-15-7-6-8-17(20)10-15/h6-11H,12H2,1-5H3. The molecule has 2 aromatic carbocycles. The summed E-state index contributed by atoms with van der Waals surface area (Å²) in [5.74, 6) is -0.693. The van der Waals surface area contributed by atoms with Crippen LogP contribution in [-0.4, -0.2) is 44.7 Å². The maximum absolute atomic E-state index is 13.3. The van der Waals surface area contributed by atoms with E-state index in [1.807, 2.05) is 0 Å². The molecule has 0 saturated carbocycles. The van der Waals surface area contributed by atoms with Crippen molar-refractivity contribution in [2.24, 2.45) is 0 Å². The van der Waals surface area contributed by atoms with Crippen LogP contribution in [0.4, 0.5) is 4.39 Å². The number of aryl methyl sites for hydroxylation is 1. The second-order valence-corrected chi connectivity index (χ2v) is 8.62. The van der Waals surface area contributed by atoms with E-state index in [4.69, 9.17) is 0 Å². The maximum atomic E-state index is 13.3. The third-order valence-electron chi connectivity index (χ3n) is 4.28. The summed E-state index contributed by atoms with van der Waals surface area (Å²) < 4.78 is 39.5. The first kappa shape index (κ1) is 20.1. The lowest BCUT2D eigenvalue weighted by Crippen LogP contribution is -2.28. The summed E-state index contributed by atoms with van der Waals surface area (Å²) in [5.41, 5.74) is 2.27. The minimum Gasteiger partial charge on any atom is -0.337 e. The molecule has 2 aromatic rings. The van der Waals surface area contributed by atoms with Gasteiger partial charge in [0.1, 0.15) is 5.82 Å². The monoisotopic (exact) mass is 378 g/mol. The lowest BCUT2D eigenvalue weighted by Gasteiger charge is -2.20. The third-order valence-corrected chi connectivity index (χ3v) is 6.22. The molecule has 0 aromatic heterocycles. The molecule has 7 heteroatoms. The molecule has 5 nitrogen and oxygen atoms in total. The number of halogens is 1. The van der Waals surface area contributed by atoms with E-state index >= 15 is 0 Å². The molecule has 0 fully saturated rings. The van der Waals surface area contributed by atoms with E-state index in [0.29, 0.717) is 11.1 Å². The topological polar surface area (TPSA) is 57.7 Å². The largest absolute Gasteiger partial charge is 0.337 e. The summed E-state index contributed by atoms with van der Waals surface area (Å²) in [5, 5.41) is 0. The van der Waals surface area contributed by atoms with Gasteiger partial charge >= 0.3 is 0 Å². The van der Waals surface area contributed by atoms with E-state index < -0.39 is 10.0 Å². The van der Waals surface area contributed by atoms with Gasteiger partial charge in [-0.2, -0.15) is 0 Å². The number of hydrogen-bond acceptors (Lipinski definition) is 3. The van der Waals surface area contributed by atoms with Gasteiger partial charge in [-0.3, -0.25) is 4.79 Å². The fourth-order valence-corrected chi connectivity index (χ4v) is 3.83. The van der Waals surface area contributed by atoms with Gasteiger partial charge < -0.3 is 4.90 Å². The number of benzene rings is 2. The van der Waals surface area contributed by atoms with E-state index in [2.05, 4.69) is 0 Å². The molecule has 0 aliphatic rings. The van der Waals surface area contributed by atoms with Crippen LogP contribution in [0.25, 0.3) is 0 Å². The van der Waals surface area contributed by atoms with Crippen LogP contribution in [-0.2, 0) is 16.6 Å². The Morgan fingerprint density at radius 2 is 1.73 bits per heavy atom. The molecule has 0 atom stereocenters. The molecule has 26 heavy (non-hydrogen) atoms. The predicted octanol–water partition coefficient (Wildman–Crippen LogP) is 2.97. The normalized spacial score (nSPS) is 11.7. The van der Waals surface area contributed by atoms with Crippen molar-refractivity contribution in [3.63, 3.8) is 0 Å². The lowest BCUT2D eigenvalue weighted by molar-refractivity contribution is 0.0784. The van der Waals surface area contributed by atoms with Crippen LogP contribution in [0, 0.1) is 19.7 Å². The van der Waals surface area contributed by atoms with Gasteiger partial charge in [-0.15, -0.1) is 0 Å². The van der Waals surface area contributed by atoms with Crippen LogP contribution in [0.5, 0.6) is 0 Å². The average molecular weight is 378 g/mol. The second kappa shape index (κ2) is 7.55. The van der Waals surface area contributed by atoms with E-state index in [0.717, 1.165) is 9.87 Å². The van der Waals surface area contributed by atoms with Gasteiger partial charge in [0.2, 0.25) is 10.0 Å². The van der Waals surface area contributed by atoms with Crippen molar-refractivity contribution in [1.29, 1.82) is 0 Å². The van der Waals surface area contributed by atoms with Crippen molar-refractivity contribution < 1.29 is 17.6 Å². The number of amides is 1. The molecular formula is C19H23FN2O3S. The first-order valence-corrected chi connectivity index (χ1v) is 9.51. The van der Waals surface area contributed by atoms with Gasteiger partial charge in [-0.25, -0.2) is 17.1 Å². The predicted molar refractivity (Wildman–Crippen MR) is 99.0 cm³/mol. The summed E-state index contributed by atoms with van der Waals surface area (Å²) in [6.45, 7) is 3.71. The quantitative estimate of drug-likeness (QED) is 0.804. The number of carbonyl (C=O) groups is 1. The molecule has 0 radical (unpaired) electrons. The first-order chi connectivity index (χ1) is 12.0. The Labute approximate surface area is 154 Å². The van der Waals surface area contributed by atoms with Crippen LogP contribution < -0.4 is 0 Å². The summed E-state index contributed by atoms with van der Waals surface area (Å²) >= 11 is 0. The number of carbonyl (C=O) groups excluding carboxylic acids is 1. The summed E-state index contributed by atoms with van der Waals surface area (Å²) in [6.07, 6.45) is 0. The van der Waals surface area contributed by atoms with Crippen molar-refractivity contribution in [3.05, 3.63) is 64.5 Å². The van der Waals surface area contributed by atoms with E-state index in [9.17, 15) is 17.6 Å². The zero-order valence-electron chi connectivity index (χ0n) is 15.6. The van der Waals surface area contributed by atoms with Gasteiger partial charge in [-0.05, 0) is 54.8 Å². The number of nitrogens with zero attached hydrogens (tertiary/aromatic N) is 2. The Morgan fingerprint density at radius 3 is 2.31 bits per heavy atom. The van der Waals surface area contributed by atoms with Crippen LogP contribution in [0.3, 0.4) is 0 Å². The van der Waals surface area contributed by atoms with Crippen LogP contribution in [0.15, 0.2) is 41.3 Å². The molecule has 2 rings (SSSR count). The van der Waals surface area contributed by atoms with E-state index in [1.165, 1.54) is 37.2 Å². The number of rotatable bonds is 5. The summed E-state index contributed by atoms with van der Waals surface area (Å²) in [6, 6.07) is 9.10. The Balaban J connectivity index is 2.39. The van der Waals surface area contributed by atoms with Crippen molar-refractivity contribution in [3.8, 4) is 0 Å². The highest BCUT2D eigenvalue weighted by molar-refractivity contribution is 7.89. The highest BCUT2D eigenvalue weighted by atomic mass is 32.2. The van der Waals surface area contributed by atoms with Gasteiger partial charge in [0, 0.05) is 33.3 Å². The van der Waals surface area contributed by atoms with Crippen molar-refractivity contribution in [2.45, 2.75) is 25.3 Å². The first-order valence-electron chi connectivity index (χ1n) is 8.07. The van der Waals surface area contributed by atoms with Crippen LogP contribution in [0.1, 0.15) is 27.0 Å². The van der Waals surface area contributed by atoms with E-state index in [-0.39, 0.29) is 28.7 Å². The molecule has 140 valence electrons. The Kier molecular flexibility index (Phi) is 5.83. The molecule has 0 aliphatic heterocycles. The van der Waals surface area contributed by atoms with Crippen LogP contribution in [0.2, 0.25) is 0 Å². The molecular weight excluding hydrogens is 355 g/mol. The number of hydrogen-bond donors (Lipinski definition) is 0. The molecule has 0 N–H and O–H groups in total. The lowest BCUT2D eigenvalue weighted by atomic mass is 10.1. The smallest absolute Gasteiger partial charge is 0.253 e. The summed E-state index contributed by atoms with van der Waals surface area (Å²) in [7, 11) is 0.843. The summed E-state index contributed by atoms with van der Waals surface area (Å²) in [4.78, 5) is 14.3. The SMILES string of the molecule is Cc1cc(C(=O)N(C)Cc2cccc(F)c2)cc(S(=O)(=O)N(C)C)c1C. The van der Waals surface area contributed by atoms with Gasteiger partial charge in [0.25, 0.3) is 5.91 Å². The highest BCUT2D eigenvalue weighted by Gasteiger charge is 2.24. The third kappa shape index (κ3) is 4.11. The van der Waals surface area contributed by atoms with Crippen molar-refractivity contribution in [2.75, 3.05) is 21.1 Å². The Hall–Kier alpha value is -2.25. The van der Waals surface area contributed by atoms with Gasteiger partial charge in [-0.1, -0.05) is 12.1 Å². The zero-order valence-corrected chi connectivity index (χ0v) is 16.4. The fraction of sp³-hybridized carbons (Fsp3) is 0.316. The zero-order chi connectivity index (χ0) is 19.6. The molecule has 0 saturated heterocycles. The maximum Gasteiger partial charge on any atom is 0.253 e. The molecule has 1 amide bonds. The van der Waals surface area contributed by atoms with Crippen molar-refractivity contribution in [1.82, 2.24) is 9.21 Å². The van der Waals surface area contributed by atoms with Gasteiger partial charge in [0.05, 0.1) is 4.90 Å². The Morgan fingerprint density at radius 1 is 1.08 bits per heavy atom. The molecule has 0 heterocycles. The fourth-order valence-electron chi connectivity index (χ4n) is 2.62. The molecule has 0 aliphatic carbocycles.